The molecule has 2 nitrogen and oxygen atoms in total. The number of fused-ring (bicyclic) bond motifs is 3. The van der Waals surface area contributed by atoms with Crippen LogP contribution in [0.5, 0.6) is 11.5 Å². The van der Waals surface area contributed by atoms with Crippen molar-refractivity contribution in [3.05, 3.63) is 34.9 Å². The van der Waals surface area contributed by atoms with Crippen LogP contribution < -0.4 is 9.47 Å². The highest BCUT2D eigenvalue weighted by Crippen LogP contribution is 2.40. The van der Waals surface area contributed by atoms with Gasteiger partial charge in [-0.1, -0.05) is 17.7 Å². The van der Waals surface area contributed by atoms with Gasteiger partial charge in [-0.15, -0.1) is 0 Å². The van der Waals surface area contributed by atoms with Gasteiger partial charge in [0.1, 0.15) is 11.5 Å². The summed E-state index contributed by atoms with van der Waals surface area (Å²) in [5, 5.41) is 0. The lowest BCUT2D eigenvalue weighted by molar-refractivity contribution is 0.230. The molecule has 2 heteroatoms. The van der Waals surface area contributed by atoms with Crippen molar-refractivity contribution >= 4 is 0 Å². The van der Waals surface area contributed by atoms with E-state index in [1.165, 1.54) is 16.7 Å². The molecule has 0 fully saturated rings. The zero-order chi connectivity index (χ0) is 12.5. The molecule has 1 aromatic rings. The standard InChI is InChI=1S/C16H20O2/c1-3-11(2)13-9-12-6-7-15-14(5-4-8-17-15)16(12)18-10-13/h3,6-7,13H,4-5,8-10H2,1-2H3/b11-3+. The first-order valence-corrected chi connectivity index (χ1v) is 6.82. The summed E-state index contributed by atoms with van der Waals surface area (Å²) < 4.78 is 11.7. The Balaban J connectivity index is 1.94. The largest absolute Gasteiger partial charge is 0.493 e. The molecule has 0 radical (unpaired) electrons. The van der Waals surface area contributed by atoms with Gasteiger partial charge in [-0.05, 0) is 44.7 Å². The van der Waals surface area contributed by atoms with Gasteiger partial charge < -0.3 is 9.47 Å². The molecule has 0 saturated heterocycles. The summed E-state index contributed by atoms with van der Waals surface area (Å²) in [6.07, 6.45) is 5.48. The third-order valence-electron chi connectivity index (χ3n) is 4.12. The highest BCUT2D eigenvalue weighted by molar-refractivity contribution is 5.52. The highest BCUT2D eigenvalue weighted by Gasteiger charge is 2.26. The fourth-order valence-corrected chi connectivity index (χ4v) is 2.84. The number of hydrogen-bond acceptors (Lipinski definition) is 2. The third kappa shape index (κ3) is 1.90. The Morgan fingerprint density at radius 3 is 3.06 bits per heavy atom. The SMILES string of the molecule is C/C=C(\C)C1COc2c(ccc3c2CCCO3)C1. The summed E-state index contributed by atoms with van der Waals surface area (Å²) in [4.78, 5) is 0. The van der Waals surface area contributed by atoms with Crippen molar-refractivity contribution in [2.45, 2.75) is 33.1 Å². The van der Waals surface area contributed by atoms with Crippen LogP contribution in [-0.2, 0) is 12.8 Å². The first-order valence-electron chi connectivity index (χ1n) is 6.82. The predicted molar refractivity (Wildman–Crippen MR) is 72.4 cm³/mol. The van der Waals surface area contributed by atoms with Crippen LogP contribution in [0.2, 0.25) is 0 Å². The number of rotatable bonds is 1. The van der Waals surface area contributed by atoms with Gasteiger partial charge in [0.05, 0.1) is 13.2 Å². The molecule has 1 aromatic carbocycles. The second kappa shape index (κ2) is 4.68. The Kier molecular flexibility index (Phi) is 3.02. The monoisotopic (exact) mass is 244 g/mol. The van der Waals surface area contributed by atoms with Crippen LogP contribution in [0.1, 0.15) is 31.4 Å². The van der Waals surface area contributed by atoms with E-state index >= 15 is 0 Å². The van der Waals surface area contributed by atoms with Gasteiger partial charge in [-0.2, -0.15) is 0 Å². The number of ether oxygens (including phenoxy) is 2. The highest BCUT2D eigenvalue weighted by atomic mass is 16.5. The number of allylic oxidation sites excluding steroid dienone is 1. The molecular weight excluding hydrogens is 224 g/mol. The molecule has 3 rings (SSSR count). The maximum atomic E-state index is 6.04. The van der Waals surface area contributed by atoms with Gasteiger partial charge in [0, 0.05) is 11.5 Å². The maximum Gasteiger partial charge on any atom is 0.129 e. The van der Waals surface area contributed by atoms with Crippen molar-refractivity contribution in [1.29, 1.82) is 0 Å². The molecule has 96 valence electrons. The Morgan fingerprint density at radius 1 is 1.33 bits per heavy atom. The minimum Gasteiger partial charge on any atom is -0.493 e. The molecule has 0 spiro atoms. The van der Waals surface area contributed by atoms with E-state index in [-0.39, 0.29) is 0 Å². The van der Waals surface area contributed by atoms with E-state index in [2.05, 4.69) is 32.1 Å². The predicted octanol–water partition coefficient (Wildman–Crippen LogP) is 3.53. The van der Waals surface area contributed by atoms with E-state index in [4.69, 9.17) is 9.47 Å². The van der Waals surface area contributed by atoms with Gasteiger partial charge in [0.15, 0.2) is 0 Å². The lowest BCUT2D eigenvalue weighted by atomic mass is 9.88. The molecular formula is C16H20O2. The normalized spacial score (nSPS) is 22.6. The summed E-state index contributed by atoms with van der Waals surface area (Å²) >= 11 is 0. The van der Waals surface area contributed by atoms with Gasteiger partial charge in [-0.3, -0.25) is 0 Å². The zero-order valence-corrected chi connectivity index (χ0v) is 11.2. The van der Waals surface area contributed by atoms with E-state index in [0.29, 0.717) is 5.92 Å². The second-order valence-electron chi connectivity index (χ2n) is 5.23. The molecule has 0 aliphatic carbocycles. The molecule has 2 aliphatic heterocycles. The number of benzene rings is 1. The van der Waals surface area contributed by atoms with Crippen LogP contribution in [0.3, 0.4) is 0 Å². The summed E-state index contributed by atoms with van der Waals surface area (Å²) in [7, 11) is 0. The van der Waals surface area contributed by atoms with Crippen LogP contribution in [0.4, 0.5) is 0 Å². The molecule has 0 aromatic heterocycles. The van der Waals surface area contributed by atoms with Gasteiger partial charge >= 0.3 is 0 Å². The van der Waals surface area contributed by atoms with Crippen LogP contribution in [-0.4, -0.2) is 13.2 Å². The molecule has 2 aliphatic rings. The molecule has 2 heterocycles. The van der Waals surface area contributed by atoms with E-state index in [9.17, 15) is 0 Å². The topological polar surface area (TPSA) is 18.5 Å². The van der Waals surface area contributed by atoms with Crippen molar-refractivity contribution < 1.29 is 9.47 Å². The van der Waals surface area contributed by atoms with Crippen molar-refractivity contribution in [2.24, 2.45) is 5.92 Å². The Hall–Kier alpha value is -1.44. The Bertz CT molecular complexity index is 488. The lowest BCUT2D eigenvalue weighted by Crippen LogP contribution is -2.23. The average molecular weight is 244 g/mol. The van der Waals surface area contributed by atoms with Gasteiger partial charge in [0.2, 0.25) is 0 Å². The first kappa shape index (κ1) is 11.6. The quantitative estimate of drug-likeness (QED) is 0.704. The van der Waals surface area contributed by atoms with E-state index < -0.39 is 0 Å². The summed E-state index contributed by atoms with van der Waals surface area (Å²) in [5.74, 6) is 2.67. The number of hydrogen-bond donors (Lipinski definition) is 0. The lowest BCUT2D eigenvalue weighted by Gasteiger charge is -2.30. The summed E-state index contributed by atoms with van der Waals surface area (Å²) in [5.41, 5.74) is 4.06. The molecule has 0 saturated carbocycles. The molecule has 0 N–H and O–H groups in total. The minimum absolute atomic E-state index is 0.532. The van der Waals surface area contributed by atoms with Crippen LogP contribution >= 0.6 is 0 Å². The van der Waals surface area contributed by atoms with Crippen LogP contribution in [0, 0.1) is 5.92 Å². The first-order chi connectivity index (χ1) is 8.79. The molecule has 1 unspecified atom stereocenters. The maximum absolute atomic E-state index is 6.04. The third-order valence-corrected chi connectivity index (χ3v) is 4.12. The van der Waals surface area contributed by atoms with Gasteiger partial charge in [-0.25, -0.2) is 0 Å². The van der Waals surface area contributed by atoms with E-state index in [0.717, 1.165) is 44.0 Å². The molecule has 1 atom stereocenters. The Morgan fingerprint density at radius 2 is 2.22 bits per heavy atom. The summed E-state index contributed by atoms with van der Waals surface area (Å²) in [6, 6.07) is 4.29. The van der Waals surface area contributed by atoms with Crippen molar-refractivity contribution in [3.63, 3.8) is 0 Å². The Labute approximate surface area is 109 Å². The van der Waals surface area contributed by atoms with Crippen molar-refractivity contribution in [2.75, 3.05) is 13.2 Å². The summed E-state index contributed by atoms with van der Waals surface area (Å²) in [6.45, 7) is 5.94. The molecule has 18 heavy (non-hydrogen) atoms. The smallest absolute Gasteiger partial charge is 0.129 e. The van der Waals surface area contributed by atoms with Gasteiger partial charge in [0.25, 0.3) is 0 Å². The van der Waals surface area contributed by atoms with Crippen molar-refractivity contribution in [1.82, 2.24) is 0 Å². The average Bonchev–Trinajstić information content (AvgIpc) is 2.45. The minimum atomic E-state index is 0.532. The van der Waals surface area contributed by atoms with Crippen molar-refractivity contribution in [3.8, 4) is 11.5 Å². The molecule has 0 amide bonds. The zero-order valence-electron chi connectivity index (χ0n) is 11.2. The van der Waals surface area contributed by atoms with E-state index in [1.54, 1.807) is 0 Å². The fourth-order valence-electron chi connectivity index (χ4n) is 2.84. The fraction of sp³-hybridized carbons (Fsp3) is 0.500. The van der Waals surface area contributed by atoms with E-state index in [1.807, 2.05) is 0 Å². The molecule has 0 bridgehead atoms. The second-order valence-corrected chi connectivity index (χ2v) is 5.23. The van der Waals surface area contributed by atoms with Crippen LogP contribution in [0.25, 0.3) is 0 Å². The van der Waals surface area contributed by atoms with Crippen LogP contribution in [0.15, 0.2) is 23.8 Å².